The van der Waals surface area contributed by atoms with Crippen LogP contribution in [0.2, 0.25) is 0 Å². The van der Waals surface area contributed by atoms with Crippen LogP contribution in [0, 0.1) is 18.3 Å². The Morgan fingerprint density at radius 3 is 2.63 bits per heavy atom. The molecule has 4 heteroatoms. The number of hydrogen-bond acceptors (Lipinski definition) is 3. The molecular formula is C23H18N4. The lowest BCUT2D eigenvalue weighted by atomic mass is 10.0. The van der Waals surface area contributed by atoms with Crippen LogP contribution in [-0.2, 0) is 6.42 Å². The molecule has 0 unspecified atom stereocenters. The third-order valence-corrected chi connectivity index (χ3v) is 4.63. The summed E-state index contributed by atoms with van der Waals surface area (Å²) in [5.74, 6) is 0.909. The minimum Gasteiger partial charge on any atom is -0.280 e. The number of rotatable bonds is 4. The summed E-state index contributed by atoms with van der Waals surface area (Å²) in [4.78, 5) is 9.32. The molecule has 0 radical (unpaired) electrons. The van der Waals surface area contributed by atoms with Crippen LogP contribution in [-0.4, -0.2) is 14.5 Å². The average Bonchev–Trinajstić information content (AvgIpc) is 3.08. The highest BCUT2D eigenvalue weighted by atomic mass is 15.1. The molecule has 0 atom stereocenters. The quantitative estimate of drug-likeness (QED) is 0.487. The van der Waals surface area contributed by atoms with E-state index in [0.717, 1.165) is 39.4 Å². The van der Waals surface area contributed by atoms with E-state index in [9.17, 15) is 5.26 Å². The first-order chi connectivity index (χ1) is 13.2. The maximum atomic E-state index is 9.34. The SMILES string of the molecule is C=CCc1nc2c(C)ccnc2n1-c1ccc(-c2ccccc2C#N)cc1. The number of nitriles is 1. The number of fused-ring (bicyclic) bond motifs is 1. The summed E-state index contributed by atoms with van der Waals surface area (Å²) in [6, 6.07) is 20.0. The Morgan fingerprint density at radius 1 is 1.11 bits per heavy atom. The number of hydrogen-bond donors (Lipinski definition) is 0. The molecule has 4 rings (SSSR count). The lowest BCUT2D eigenvalue weighted by Gasteiger charge is -2.10. The van der Waals surface area contributed by atoms with Crippen molar-refractivity contribution in [3.8, 4) is 22.9 Å². The molecule has 4 nitrogen and oxygen atoms in total. The fraction of sp³-hybridized carbons (Fsp3) is 0.0870. The number of nitrogens with zero attached hydrogens (tertiary/aromatic N) is 4. The lowest BCUT2D eigenvalue weighted by molar-refractivity contribution is 0.941. The predicted octanol–water partition coefficient (Wildman–Crippen LogP) is 5.00. The van der Waals surface area contributed by atoms with Crippen molar-refractivity contribution in [1.82, 2.24) is 14.5 Å². The van der Waals surface area contributed by atoms with Crippen LogP contribution in [0.25, 0.3) is 28.0 Å². The zero-order valence-corrected chi connectivity index (χ0v) is 15.1. The zero-order valence-electron chi connectivity index (χ0n) is 15.1. The molecule has 2 heterocycles. The second kappa shape index (κ2) is 6.89. The number of allylic oxidation sites excluding steroid dienone is 1. The normalized spacial score (nSPS) is 10.7. The second-order valence-corrected chi connectivity index (χ2v) is 6.36. The summed E-state index contributed by atoms with van der Waals surface area (Å²) in [6.07, 6.45) is 4.32. The Kier molecular flexibility index (Phi) is 4.27. The first-order valence-electron chi connectivity index (χ1n) is 8.76. The summed E-state index contributed by atoms with van der Waals surface area (Å²) >= 11 is 0. The van der Waals surface area contributed by atoms with Crippen LogP contribution in [0.4, 0.5) is 0 Å². The van der Waals surface area contributed by atoms with Gasteiger partial charge in [-0.2, -0.15) is 5.26 Å². The average molecular weight is 350 g/mol. The van der Waals surface area contributed by atoms with Gasteiger partial charge in [-0.1, -0.05) is 36.4 Å². The minimum atomic E-state index is 0.662. The number of imidazole rings is 1. The van der Waals surface area contributed by atoms with Gasteiger partial charge in [0.25, 0.3) is 0 Å². The van der Waals surface area contributed by atoms with Gasteiger partial charge in [0.2, 0.25) is 0 Å². The van der Waals surface area contributed by atoms with Crippen molar-refractivity contribution in [2.24, 2.45) is 0 Å². The number of aryl methyl sites for hydroxylation is 1. The van der Waals surface area contributed by atoms with Crippen LogP contribution in [0.1, 0.15) is 17.0 Å². The summed E-state index contributed by atoms with van der Waals surface area (Å²) in [7, 11) is 0. The Balaban J connectivity index is 1.85. The largest absolute Gasteiger partial charge is 0.280 e. The van der Waals surface area contributed by atoms with Crippen molar-refractivity contribution < 1.29 is 0 Å². The second-order valence-electron chi connectivity index (χ2n) is 6.36. The van der Waals surface area contributed by atoms with Crippen LogP contribution in [0.3, 0.4) is 0 Å². The minimum absolute atomic E-state index is 0.662. The maximum absolute atomic E-state index is 9.34. The van der Waals surface area contributed by atoms with E-state index >= 15 is 0 Å². The van der Waals surface area contributed by atoms with E-state index in [1.54, 1.807) is 0 Å². The highest BCUT2D eigenvalue weighted by Crippen LogP contribution is 2.27. The molecule has 2 aromatic carbocycles. The number of aromatic nitrogens is 3. The molecular weight excluding hydrogens is 332 g/mol. The van der Waals surface area contributed by atoms with Crippen LogP contribution >= 0.6 is 0 Å². The van der Waals surface area contributed by atoms with E-state index in [2.05, 4.69) is 22.2 Å². The monoisotopic (exact) mass is 350 g/mol. The van der Waals surface area contributed by atoms with E-state index < -0.39 is 0 Å². The van der Waals surface area contributed by atoms with Gasteiger partial charge in [-0.15, -0.1) is 6.58 Å². The summed E-state index contributed by atoms with van der Waals surface area (Å²) in [6.45, 7) is 5.89. The van der Waals surface area contributed by atoms with Gasteiger partial charge in [-0.25, -0.2) is 9.97 Å². The lowest BCUT2D eigenvalue weighted by Crippen LogP contribution is -2.01. The fourth-order valence-electron chi connectivity index (χ4n) is 3.30. The fourth-order valence-corrected chi connectivity index (χ4v) is 3.30. The Hall–Kier alpha value is -3.71. The molecule has 2 aromatic heterocycles. The third kappa shape index (κ3) is 2.90. The number of pyridine rings is 1. The molecule has 0 bridgehead atoms. The van der Waals surface area contributed by atoms with Gasteiger partial charge in [0.05, 0.1) is 11.6 Å². The van der Waals surface area contributed by atoms with Crippen LogP contribution in [0.15, 0.2) is 73.4 Å². The van der Waals surface area contributed by atoms with E-state index in [1.165, 1.54) is 0 Å². The molecule has 27 heavy (non-hydrogen) atoms. The van der Waals surface area contributed by atoms with Gasteiger partial charge < -0.3 is 0 Å². The standard InChI is InChI=1S/C23H18N4/c1-3-6-21-26-22-16(2)13-14-25-23(22)27(21)19-11-9-17(10-12-19)20-8-5-4-7-18(20)15-24/h3-5,7-14H,1,6H2,2H3. The van der Waals surface area contributed by atoms with Crippen LogP contribution < -0.4 is 0 Å². The number of benzene rings is 2. The van der Waals surface area contributed by atoms with E-state index in [1.807, 2.05) is 73.8 Å². The summed E-state index contributed by atoms with van der Waals surface area (Å²) in [5.41, 5.74) is 6.46. The van der Waals surface area contributed by atoms with Crippen molar-refractivity contribution >= 4 is 11.2 Å². The summed E-state index contributed by atoms with van der Waals surface area (Å²) < 4.78 is 2.07. The molecule has 0 fully saturated rings. The van der Waals surface area contributed by atoms with Crippen molar-refractivity contribution in [3.05, 3.63) is 90.4 Å². The van der Waals surface area contributed by atoms with Gasteiger partial charge >= 0.3 is 0 Å². The van der Waals surface area contributed by atoms with Gasteiger partial charge in [0, 0.05) is 18.3 Å². The Labute approximate surface area is 158 Å². The summed E-state index contributed by atoms with van der Waals surface area (Å²) in [5, 5.41) is 9.34. The maximum Gasteiger partial charge on any atom is 0.164 e. The Bertz CT molecular complexity index is 1180. The molecule has 0 saturated heterocycles. The molecule has 0 saturated carbocycles. The molecule has 0 amide bonds. The van der Waals surface area contributed by atoms with E-state index in [-0.39, 0.29) is 0 Å². The topological polar surface area (TPSA) is 54.5 Å². The molecule has 0 N–H and O–H groups in total. The molecule has 130 valence electrons. The first-order valence-corrected chi connectivity index (χ1v) is 8.76. The molecule has 0 aliphatic heterocycles. The van der Waals surface area contributed by atoms with Crippen molar-refractivity contribution in [3.63, 3.8) is 0 Å². The van der Waals surface area contributed by atoms with Crippen LogP contribution in [0.5, 0.6) is 0 Å². The van der Waals surface area contributed by atoms with Gasteiger partial charge in [0.1, 0.15) is 11.3 Å². The highest BCUT2D eigenvalue weighted by Gasteiger charge is 2.14. The van der Waals surface area contributed by atoms with Crippen molar-refractivity contribution in [2.45, 2.75) is 13.3 Å². The Morgan fingerprint density at radius 2 is 1.89 bits per heavy atom. The van der Waals surface area contributed by atoms with E-state index in [4.69, 9.17) is 4.98 Å². The zero-order chi connectivity index (χ0) is 18.8. The van der Waals surface area contributed by atoms with Crippen molar-refractivity contribution in [1.29, 1.82) is 5.26 Å². The highest BCUT2D eigenvalue weighted by molar-refractivity contribution is 5.78. The molecule has 0 aliphatic rings. The molecule has 0 aliphatic carbocycles. The smallest absolute Gasteiger partial charge is 0.164 e. The van der Waals surface area contributed by atoms with E-state index in [0.29, 0.717) is 12.0 Å². The molecule has 0 spiro atoms. The van der Waals surface area contributed by atoms with Gasteiger partial charge in [-0.3, -0.25) is 4.57 Å². The molecule has 4 aromatic rings. The van der Waals surface area contributed by atoms with Crippen molar-refractivity contribution in [2.75, 3.05) is 0 Å². The van der Waals surface area contributed by atoms with Gasteiger partial charge in [-0.05, 0) is 47.9 Å². The first kappa shape index (κ1) is 16.7. The van der Waals surface area contributed by atoms with Gasteiger partial charge in [0.15, 0.2) is 5.65 Å². The predicted molar refractivity (Wildman–Crippen MR) is 108 cm³/mol. The third-order valence-electron chi connectivity index (χ3n) is 4.63.